The normalized spacial score (nSPS) is 19.0. The summed E-state index contributed by atoms with van der Waals surface area (Å²) in [5.41, 5.74) is 2.58. The van der Waals surface area contributed by atoms with Crippen molar-refractivity contribution < 1.29 is 4.79 Å². The maximum atomic E-state index is 11.7. The molecule has 1 aliphatic rings. The van der Waals surface area contributed by atoms with Crippen LogP contribution in [0.25, 0.3) is 0 Å². The molecule has 1 unspecified atom stereocenters. The number of hydrogen-bond donors (Lipinski definition) is 0. The Morgan fingerprint density at radius 3 is 3.07 bits per heavy atom. The van der Waals surface area contributed by atoms with E-state index in [0.717, 1.165) is 12.8 Å². The molecule has 1 aromatic rings. The Hall–Kier alpha value is -1.37. The predicted molar refractivity (Wildman–Crippen MR) is 57.3 cm³/mol. The first-order chi connectivity index (χ1) is 6.83. The van der Waals surface area contributed by atoms with E-state index in [2.05, 4.69) is 18.7 Å². The smallest absolute Gasteiger partial charge is 0.144 e. The van der Waals surface area contributed by atoms with Crippen molar-refractivity contribution in [1.82, 2.24) is 0 Å². The summed E-state index contributed by atoms with van der Waals surface area (Å²) < 4.78 is 0. The van der Waals surface area contributed by atoms with Gasteiger partial charge in [-0.15, -0.1) is 6.58 Å². The lowest BCUT2D eigenvalue weighted by atomic mass is 9.95. The molecule has 0 saturated carbocycles. The van der Waals surface area contributed by atoms with E-state index in [1.807, 2.05) is 12.1 Å². The lowest BCUT2D eigenvalue weighted by molar-refractivity contribution is -0.119. The van der Waals surface area contributed by atoms with Crippen LogP contribution >= 0.6 is 0 Å². The van der Waals surface area contributed by atoms with Crippen molar-refractivity contribution in [3.05, 3.63) is 48.0 Å². The van der Waals surface area contributed by atoms with Crippen molar-refractivity contribution in [2.75, 3.05) is 0 Å². The van der Waals surface area contributed by atoms with Crippen LogP contribution in [-0.2, 0) is 11.2 Å². The molecular formula is C13H14O. The molecule has 0 spiro atoms. The van der Waals surface area contributed by atoms with E-state index in [9.17, 15) is 4.79 Å². The van der Waals surface area contributed by atoms with Crippen LogP contribution < -0.4 is 0 Å². The fraction of sp³-hybridized carbons (Fsp3) is 0.308. The molecular weight excluding hydrogens is 172 g/mol. The fourth-order valence-corrected chi connectivity index (χ4v) is 2.18. The SMILES string of the molecule is C=CCC(=O)C1CCc2ccccc21. The molecule has 0 N–H and O–H groups in total. The summed E-state index contributed by atoms with van der Waals surface area (Å²) in [7, 11) is 0. The molecule has 0 aliphatic heterocycles. The maximum absolute atomic E-state index is 11.7. The third-order valence-electron chi connectivity index (χ3n) is 2.87. The van der Waals surface area contributed by atoms with Crippen molar-refractivity contribution >= 4 is 5.78 Å². The van der Waals surface area contributed by atoms with Crippen molar-refractivity contribution in [3.8, 4) is 0 Å². The minimum absolute atomic E-state index is 0.129. The van der Waals surface area contributed by atoms with Gasteiger partial charge in [0.05, 0.1) is 0 Å². The zero-order valence-corrected chi connectivity index (χ0v) is 8.20. The zero-order valence-electron chi connectivity index (χ0n) is 8.20. The van der Waals surface area contributed by atoms with Gasteiger partial charge in [-0.3, -0.25) is 4.79 Å². The number of Topliss-reactive ketones (excluding diaryl/α,β-unsaturated/α-hetero) is 1. The molecule has 2 rings (SSSR count). The summed E-state index contributed by atoms with van der Waals surface area (Å²) >= 11 is 0. The summed E-state index contributed by atoms with van der Waals surface area (Å²) in [5, 5.41) is 0. The van der Waals surface area contributed by atoms with Gasteiger partial charge in [0.1, 0.15) is 5.78 Å². The molecule has 0 heterocycles. The first-order valence-corrected chi connectivity index (χ1v) is 5.04. The zero-order chi connectivity index (χ0) is 9.97. The number of allylic oxidation sites excluding steroid dienone is 1. The molecule has 72 valence electrons. The second-order valence-corrected chi connectivity index (χ2v) is 3.75. The van der Waals surface area contributed by atoms with Crippen LogP contribution in [0.15, 0.2) is 36.9 Å². The minimum Gasteiger partial charge on any atom is -0.299 e. The third-order valence-corrected chi connectivity index (χ3v) is 2.87. The van der Waals surface area contributed by atoms with E-state index in [1.54, 1.807) is 6.08 Å². The average Bonchev–Trinajstić information content (AvgIpc) is 2.61. The molecule has 1 atom stereocenters. The minimum atomic E-state index is 0.129. The van der Waals surface area contributed by atoms with Crippen LogP contribution in [0.1, 0.15) is 29.9 Å². The van der Waals surface area contributed by atoms with E-state index < -0.39 is 0 Å². The van der Waals surface area contributed by atoms with Gasteiger partial charge in [-0.2, -0.15) is 0 Å². The van der Waals surface area contributed by atoms with Gasteiger partial charge in [-0.05, 0) is 24.0 Å². The largest absolute Gasteiger partial charge is 0.299 e. The van der Waals surface area contributed by atoms with Gasteiger partial charge in [0.25, 0.3) is 0 Å². The number of rotatable bonds is 3. The molecule has 1 aromatic carbocycles. The van der Waals surface area contributed by atoms with Crippen LogP contribution in [0, 0.1) is 0 Å². The lowest BCUT2D eigenvalue weighted by Crippen LogP contribution is -2.07. The van der Waals surface area contributed by atoms with Crippen molar-refractivity contribution in [2.45, 2.75) is 25.2 Å². The first kappa shape index (κ1) is 9.20. The topological polar surface area (TPSA) is 17.1 Å². The van der Waals surface area contributed by atoms with E-state index in [0.29, 0.717) is 12.2 Å². The monoisotopic (exact) mass is 186 g/mol. The van der Waals surface area contributed by atoms with Gasteiger partial charge in [0, 0.05) is 12.3 Å². The Balaban J connectivity index is 2.25. The highest BCUT2D eigenvalue weighted by Gasteiger charge is 2.26. The van der Waals surface area contributed by atoms with Crippen LogP contribution in [0.4, 0.5) is 0 Å². The standard InChI is InChI=1S/C13H14O/c1-2-5-13(14)12-9-8-10-6-3-4-7-11(10)12/h2-4,6-7,12H,1,5,8-9H2. The Morgan fingerprint density at radius 1 is 1.50 bits per heavy atom. The van der Waals surface area contributed by atoms with E-state index in [4.69, 9.17) is 0 Å². The van der Waals surface area contributed by atoms with Crippen LogP contribution in [0.5, 0.6) is 0 Å². The predicted octanol–water partition coefficient (Wildman–Crippen LogP) is 2.86. The number of carbonyl (C=O) groups excluding carboxylic acids is 1. The molecule has 1 heteroatoms. The molecule has 0 saturated heterocycles. The van der Waals surface area contributed by atoms with E-state index >= 15 is 0 Å². The number of ketones is 1. The second kappa shape index (κ2) is 3.79. The van der Waals surface area contributed by atoms with Crippen molar-refractivity contribution in [1.29, 1.82) is 0 Å². The molecule has 14 heavy (non-hydrogen) atoms. The van der Waals surface area contributed by atoms with Crippen LogP contribution in [0.2, 0.25) is 0 Å². The highest BCUT2D eigenvalue weighted by molar-refractivity contribution is 5.87. The summed E-state index contributed by atoms with van der Waals surface area (Å²) in [5.74, 6) is 0.439. The molecule has 0 amide bonds. The lowest BCUT2D eigenvalue weighted by Gasteiger charge is -2.08. The molecule has 0 radical (unpaired) electrons. The Kier molecular flexibility index (Phi) is 2.49. The van der Waals surface area contributed by atoms with Gasteiger partial charge < -0.3 is 0 Å². The van der Waals surface area contributed by atoms with Crippen LogP contribution in [0.3, 0.4) is 0 Å². The molecule has 1 aliphatic carbocycles. The third kappa shape index (κ3) is 1.50. The Labute approximate surface area is 84.5 Å². The van der Waals surface area contributed by atoms with Gasteiger partial charge in [-0.1, -0.05) is 30.3 Å². The number of fused-ring (bicyclic) bond motifs is 1. The highest BCUT2D eigenvalue weighted by atomic mass is 16.1. The number of carbonyl (C=O) groups is 1. The second-order valence-electron chi connectivity index (χ2n) is 3.75. The summed E-state index contributed by atoms with van der Waals surface area (Å²) in [4.78, 5) is 11.7. The summed E-state index contributed by atoms with van der Waals surface area (Å²) in [6.07, 6.45) is 4.22. The van der Waals surface area contributed by atoms with E-state index in [1.165, 1.54) is 11.1 Å². The van der Waals surface area contributed by atoms with Crippen LogP contribution in [-0.4, -0.2) is 5.78 Å². The number of hydrogen-bond acceptors (Lipinski definition) is 1. The summed E-state index contributed by atoms with van der Waals surface area (Å²) in [6.45, 7) is 3.61. The Morgan fingerprint density at radius 2 is 2.29 bits per heavy atom. The van der Waals surface area contributed by atoms with Gasteiger partial charge in [-0.25, -0.2) is 0 Å². The van der Waals surface area contributed by atoms with Gasteiger partial charge >= 0.3 is 0 Å². The molecule has 1 nitrogen and oxygen atoms in total. The number of aryl methyl sites for hydroxylation is 1. The first-order valence-electron chi connectivity index (χ1n) is 5.04. The average molecular weight is 186 g/mol. The fourth-order valence-electron chi connectivity index (χ4n) is 2.18. The number of benzene rings is 1. The Bertz CT molecular complexity index is 365. The summed E-state index contributed by atoms with van der Waals surface area (Å²) in [6, 6.07) is 8.25. The van der Waals surface area contributed by atoms with Gasteiger partial charge in [0.2, 0.25) is 0 Å². The molecule has 0 fully saturated rings. The maximum Gasteiger partial charge on any atom is 0.144 e. The van der Waals surface area contributed by atoms with E-state index in [-0.39, 0.29) is 5.92 Å². The van der Waals surface area contributed by atoms with Gasteiger partial charge in [0.15, 0.2) is 0 Å². The highest BCUT2D eigenvalue weighted by Crippen LogP contribution is 2.34. The van der Waals surface area contributed by atoms with Crippen molar-refractivity contribution in [2.24, 2.45) is 0 Å². The van der Waals surface area contributed by atoms with Crippen molar-refractivity contribution in [3.63, 3.8) is 0 Å². The molecule has 0 aromatic heterocycles. The quantitative estimate of drug-likeness (QED) is 0.663. The molecule has 0 bridgehead atoms.